The number of fused-ring (bicyclic) bond motifs is 1. The molecule has 1 saturated heterocycles. The van der Waals surface area contributed by atoms with E-state index in [-0.39, 0.29) is 11.8 Å². The van der Waals surface area contributed by atoms with Crippen molar-refractivity contribution in [1.29, 1.82) is 0 Å². The number of aromatic nitrogens is 1. The van der Waals surface area contributed by atoms with Crippen LogP contribution >= 0.6 is 0 Å². The molecular weight excluding hydrogens is 326 g/mol. The van der Waals surface area contributed by atoms with Gasteiger partial charge in [-0.2, -0.15) is 4.98 Å². The summed E-state index contributed by atoms with van der Waals surface area (Å²) in [5, 5.41) is 3.04. The van der Waals surface area contributed by atoms with Gasteiger partial charge in [-0.15, -0.1) is 0 Å². The molecule has 1 N–H and O–H groups in total. The third-order valence-corrected chi connectivity index (χ3v) is 5.05. The molecule has 1 aliphatic heterocycles. The molecule has 2 aromatic carbocycles. The highest BCUT2D eigenvalue weighted by atomic mass is 16.4. The van der Waals surface area contributed by atoms with Gasteiger partial charge in [-0.25, -0.2) is 0 Å². The molecule has 0 spiro atoms. The number of anilines is 2. The Morgan fingerprint density at radius 3 is 2.58 bits per heavy atom. The van der Waals surface area contributed by atoms with Gasteiger partial charge in [0.1, 0.15) is 5.52 Å². The molecule has 134 valence electrons. The van der Waals surface area contributed by atoms with Gasteiger partial charge in [0.05, 0.1) is 0 Å². The van der Waals surface area contributed by atoms with Crippen LogP contribution in [-0.4, -0.2) is 24.0 Å². The summed E-state index contributed by atoms with van der Waals surface area (Å²) in [4.78, 5) is 19.2. The minimum Gasteiger partial charge on any atom is -0.423 e. The first-order valence-corrected chi connectivity index (χ1v) is 9.23. The summed E-state index contributed by atoms with van der Waals surface area (Å²) in [6, 6.07) is 16.5. The number of nitrogens with zero attached hydrogens (tertiary/aromatic N) is 2. The van der Waals surface area contributed by atoms with E-state index in [1.165, 1.54) is 5.56 Å². The van der Waals surface area contributed by atoms with Crippen LogP contribution in [-0.2, 0) is 11.2 Å². The highest BCUT2D eigenvalue weighted by Gasteiger charge is 2.27. The van der Waals surface area contributed by atoms with Gasteiger partial charge in [0.15, 0.2) is 5.58 Å². The Balaban J connectivity index is 1.35. The average molecular weight is 349 g/mol. The molecule has 0 saturated carbocycles. The van der Waals surface area contributed by atoms with Gasteiger partial charge in [-0.3, -0.25) is 4.79 Å². The molecule has 0 bridgehead atoms. The van der Waals surface area contributed by atoms with E-state index < -0.39 is 0 Å². The molecule has 26 heavy (non-hydrogen) atoms. The maximum absolute atomic E-state index is 12.5. The summed E-state index contributed by atoms with van der Waals surface area (Å²) in [5.74, 6) is 0.132. The van der Waals surface area contributed by atoms with E-state index in [1.54, 1.807) is 0 Å². The number of benzene rings is 2. The van der Waals surface area contributed by atoms with Crippen LogP contribution in [0.2, 0.25) is 0 Å². The third-order valence-electron chi connectivity index (χ3n) is 5.05. The van der Waals surface area contributed by atoms with Crippen LogP contribution in [0.15, 0.2) is 52.9 Å². The molecule has 0 unspecified atom stereocenters. The van der Waals surface area contributed by atoms with E-state index in [0.29, 0.717) is 6.01 Å². The normalized spacial score (nSPS) is 15.3. The summed E-state index contributed by atoms with van der Waals surface area (Å²) in [6.07, 6.45) is 2.61. The van der Waals surface area contributed by atoms with Crippen LogP contribution in [0.3, 0.4) is 0 Å². The Hall–Kier alpha value is -2.82. The number of rotatable bonds is 4. The maximum atomic E-state index is 12.5. The summed E-state index contributed by atoms with van der Waals surface area (Å²) in [7, 11) is 0. The molecule has 5 heteroatoms. The molecule has 5 nitrogen and oxygen atoms in total. The first kappa shape index (κ1) is 16.6. The molecule has 1 fully saturated rings. The minimum absolute atomic E-state index is 0.0291. The van der Waals surface area contributed by atoms with Crippen molar-refractivity contribution in [3.05, 3.63) is 54.1 Å². The summed E-state index contributed by atoms with van der Waals surface area (Å²) in [6.45, 7) is 3.68. The van der Waals surface area contributed by atoms with E-state index in [4.69, 9.17) is 4.42 Å². The maximum Gasteiger partial charge on any atom is 0.298 e. The summed E-state index contributed by atoms with van der Waals surface area (Å²) < 4.78 is 5.83. The van der Waals surface area contributed by atoms with E-state index in [1.807, 2.05) is 36.4 Å². The Morgan fingerprint density at radius 2 is 1.88 bits per heavy atom. The van der Waals surface area contributed by atoms with Crippen molar-refractivity contribution in [2.45, 2.75) is 26.2 Å². The Kier molecular flexibility index (Phi) is 4.61. The van der Waals surface area contributed by atoms with Crippen molar-refractivity contribution in [3.8, 4) is 0 Å². The molecule has 0 aliphatic carbocycles. The first-order valence-electron chi connectivity index (χ1n) is 9.23. The second kappa shape index (κ2) is 7.20. The number of piperidine rings is 1. The first-order chi connectivity index (χ1) is 12.7. The fourth-order valence-electron chi connectivity index (χ4n) is 3.40. The molecule has 0 atom stereocenters. The van der Waals surface area contributed by atoms with Crippen molar-refractivity contribution < 1.29 is 9.21 Å². The summed E-state index contributed by atoms with van der Waals surface area (Å²) >= 11 is 0. The lowest BCUT2D eigenvalue weighted by Crippen LogP contribution is -2.38. The van der Waals surface area contributed by atoms with Gasteiger partial charge in [-0.05, 0) is 49.1 Å². The SMILES string of the molecule is CCc1ccc(NC(=O)C2CCN(c3nc4ccccc4o3)CC2)cc1. The molecule has 1 aliphatic rings. The molecule has 4 rings (SSSR count). The van der Waals surface area contributed by atoms with E-state index in [2.05, 4.69) is 34.3 Å². The fraction of sp³-hybridized carbons (Fsp3) is 0.333. The van der Waals surface area contributed by atoms with Gasteiger partial charge in [0.25, 0.3) is 6.01 Å². The molecule has 3 aromatic rings. The molecule has 0 radical (unpaired) electrons. The standard InChI is InChI=1S/C21H23N3O2/c1-2-15-7-9-17(10-8-15)22-20(25)16-11-13-24(14-12-16)21-23-18-5-3-4-6-19(18)26-21/h3-10,16H,2,11-14H2,1H3,(H,22,25). The molecule has 1 amide bonds. The van der Waals surface area contributed by atoms with Crippen molar-refractivity contribution >= 4 is 28.7 Å². The number of hydrogen-bond acceptors (Lipinski definition) is 4. The van der Waals surface area contributed by atoms with Gasteiger partial charge >= 0.3 is 0 Å². The molecular formula is C21H23N3O2. The molecule has 2 heterocycles. The van der Waals surface area contributed by atoms with Crippen LogP contribution < -0.4 is 10.2 Å². The number of carbonyl (C=O) groups is 1. The van der Waals surface area contributed by atoms with Gasteiger partial charge < -0.3 is 14.6 Å². The lowest BCUT2D eigenvalue weighted by Gasteiger charge is -2.30. The number of amides is 1. The predicted octanol–water partition coefficient (Wildman–Crippen LogP) is 4.25. The highest BCUT2D eigenvalue weighted by Crippen LogP contribution is 2.27. The third kappa shape index (κ3) is 3.43. The van der Waals surface area contributed by atoms with E-state index in [9.17, 15) is 4.79 Å². The highest BCUT2D eigenvalue weighted by molar-refractivity contribution is 5.92. The lowest BCUT2D eigenvalue weighted by molar-refractivity contribution is -0.120. The topological polar surface area (TPSA) is 58.4 Å². The van der Waals surface area contributed by atoms with Gasteiger partial charge in [0, 0.05) is 24.7 Å². The minimum atomic E-state index is 0.0291. The number of aryl methyl sites for hydroxylation is 1. The van der Waals surface area contributed by atoms with Crippen molar-refractivity contribution in [2.24, 2.45) is 5.92 Å². The Morgan fingerprint density at radius 1 is 1.15 bits per heavy atom. The zero-order chi connectivity index (χ0) is 17.9. The number of carbonyl (C=O) groups excluding carboxylic acids is 1. The van der Waals surface area contributed by atoms with Crippen molar-refractivity contribution in [3.63, 3.8) is 0 Å². The fourth-order valence-corrected chi connectivity index (χ4v) is 3.40. The number of oxazole rings is 1. The number of hydrogen-bond donors (Lipinski definition) is 1. The molecule has 1 aromatic heterocycles. The van der Waals surface area contributed by atoms with Crippen molar-refractivity contribution in [1.82, 2.24) is 4.98 Å². The Labute approximate surface area is 153 Å². The number of para-hydroxylation sites is 2. The quantitative estimate of drug-likeness (QED) is 0.765. The van der Waals surface area contributed by atoms with Crippen molar-refractivity contribution in [2.75, 3.05) is 23.3 Å². The van der Waals surface area contributed by atoms with Crippen LogP contribution in [0.5, 0.6) is 0 Å². The zero-order valence-corrected chi connectivity index (χ0v) is 14.9. The van der Waals surface area contributed by atoms with Crippen LogP contribution in [0, 0.1) is 5.92 Å². The lowest BCUT2D eigenvalue weighted by atomic mass is 9.96. The van der Waals surface area contributed by atoms with Crippen LogP contribution in [0.25, 0.3) is 11.1 Å². The zero-order valence-electron chi connectivity index (χ0n) is 14.9. The van der Waals surface area contributed by atoms with Gasteiger partial charge in [-0.1, -0.05) is 31.2 Å². The monoisotopic (exact) mass is 349 g/mol. The average Bonchev–Trinajstić information content (AvgIpc) is 3.13. The number of nitrogens with one attached hydrogen (secondary N) is 1. The largest absolute Gasteiger partial charge is 0.423 e. The van der Waals surface area contributed by atoms with Crippen LogP contribution in [0.4, 0.5) is 11.7 Å². The second-order valence-corrected chi connectivity index (χ2v) is 6.77. The second-order valence-electron chi connectivity index (χ2n) is 6.77. The van der Waals surface area contributed by atoms with E-state index >= 15 is 0 Å². The Bertz CT molecular complexity index is 860. The smallest absolute Gasteiger partial charge is 0.298 e. The van der Waals surface area contributed by atoms with Crippen LogP contribution in [0.1, 0.15) is 25.3 Å². The predicted molar refractivity (Wildman–Crippen MR) is 103 cm³/mol. The summed E-state index contributed by atoms with van der Waals surface area (Å²) in [5.41, 5.74) is 3.82. The van der Waals surface area contributed by atoms with E-state index in [0.717, 1.165) is 49.1 Å². The van der Waals surface area contributed by atoms with Gasteiger partial charge in [0.2, 0.25) is 5.91 Å².